The average molecular weight is 158 g/mol. The van der Waals surface area contributed by atoms with Gasteiger partial charge in [0.05, 0.1) is 12.5 Å². The summed E-state index contributed by atoms with van der Waals surface area (Å²) >= 11 is 0. The van der Waals surface area contributed by atoms with Crippen molar-refractivity contribution in [2.45, 2.75) is 32.5 Å². The third kappa shape index (κ3) is 1.79. The first kappa shape index (κ1) is 8.68. The molecule has 2 unspecified atom stereocenters. The van der Waals surface area contributed by atoms with E-state index in [0.717, 1.165) is 12.8 Å². The fourth-order valence-corrected chi connectivity index (χ4v) is 1.52. The van der Waals surface area contributed by atoms with Gasteiger partial charge in [0.25, 0.3) is 0 Å². The van der Waals surface area contributed by atoms with Gasteiger partial charge in [0.15, 0.2) is 5.79 Å². The molecule has 11 heavy (non-hydrogen) atoms. The van der Waals surface area contributed by atoms with Gasteiger partial charge in [0.1, 0.15) is 5.78 Å². The number of Topliss-reactive ketones (excluding diaryl/α,β-unsaturated/α-hetero) is 1. The maximum Gasteiger partial charge on any atom is 0.172 e. The van der Waals surface area contributed by atoms with E-state index in [-0.39, 0.29) is 11.7 Å². The molecule has 0 aromatic rings. The van der Waals surface area contributed by atoms with Crippen LogP contribution >= 0.6 is 0 Å². The van der Waals surface area contributed by atoms with Crippen LogP contribution in [0.4, 0.5) is 0 Å². The van der Waals surface area contributed by atoms with Crippen molar-refractivity contribution in [3.05, 3.63) is 0 Å². The number of hydrogen-bond acceptors (Lipinski definition) is 3. The molecule has 1 heterocycles. The van der Waals surface area contributed by atoms with E-state index in [1.54, 1.807) is 6.92 Å². The molecule has 2 atom stereocenters. The van der Waals surface area contributed by atoms with E-state index in [2.05, 4.69) is 0 Å². The molecule has 0 aromatic carbocycles. The van der Waals surface area contributed by atoms with E-state index >= 15 is 0 Å². The second kappa shape index (κ2) is 2.91. The van der Waals surface area contributed by atoms with Gasteiger partial charge in [-0.15, -0.1) is 0 Å². The number of carbonyl (C=O) groups excluding carboxylic acids is 1. The van der Waals surface area contributed by atoms with E-state index in [1.807, 2.05) is 0 Å². The Bertz CT molecular complexity index is 163. The van der Waals surface area contributed by atoms with Crippen molar-refractivity contribution in [3.8, 4) is 0 Å². The minimum absolute atomic E-state index is 0.00898. The van der Waals surface area contributed by atoms with Crippen molar-refractivity contribution in [2.75, 3.05) is 6.61 Å². The molecule has 1 rings (SSSR count). The van der Waals surface area contributed by atoms with Crippen molar-refractivity contribution in [1.82, 2.24) is 0 Å². The molecule has 0 saturated carbocycles. The van der Waals surface area contributed by atoms with Crippen molar-refractivity contribution >= 4 is 5.78 Å². The lowest BCUT2D eigenvalue weighted by atomic mass is 9.89. The molecule has 0 radical (unpaired) electrons. The molecular formula is C8H14O3. The predicted molar refractivity (Wildman–Crippen MR) is 40.0 cm³/mol. The van der Waals surface area contributed by atoms with Crippen LogP contribution < -0.4 is 0 Å². The first-order chi connectivity index (χ1) is 5.04. The van der Waals surface area contributed by atoms with Gasteiger partial charge >= 0.3 is 0 Å². The van der Waals surface area contributed by atoms with Crippen LogP contribution in [0.5, 0.6) is 0 Å². The van der Waals surface area contributed by atoms with Crippen molar-refractivity contribution in [3.63, 3.8) is 0 Å². The number of ketones is 1. The van der Waals surface area contributed by atoms with Gasteiger partial charge < -0.3 is 9.84 Å². The highest BCUT2D eigenvalue weighted by molar-refractivity contribution is 5.79. The molecular weight excluding hydrogens is 144 g/mol. The highest BCUT2D eigenvalue weighted by Crippen LogP contribution is 2.28. The second-order valence-electron chi connectivity index (χ2n) is 3.21. The molecule has 1 aliphatic rings. The molecule has 0 aliphatic carbocycles. The highest BCUT2D eigenvalue weighted by Gasteiger charge is 2.38. The van der Waals surface area contributed by atoms with Crippen LogP contribution in [0, 0.1) is 5.92 Å². The lowest BCUT2D eigenvalue weighted by Crippen LogP contribution is -2.44. The summed E-state index contributed by atoms with van der Waals surface area (Å²) in [6.45, 7) is 3.60. The Balaban J connectivity index is 2.67. The number of aliphatic hydroxyl groups is 1. The van der Waals surface area contributed by atoms with E-state index in [4.69, 9.17) is 4.74 Å². The molecule has 1 N–H and O–H groups in total. The molecule has 3 nitrogen and oxygen atoms in total. The normalized spacial score (nSPS) is 38.6. The Kier molecular flexibility index (Phi) is 2.30. The number of hydrogen-bond donors (Lipinski definition) is 1. The first-order valence-electron chi connectivity index (χ1n) is 3.91. The summed E-state index contributed by atoms with van der Waals surface area (Å²) in [6.07, 6.45) is 1.60. The standard InChI is InChI=1S/C8H14O3/c1-6(9)7-4-3-5-11-8(7,2)10/h7,10H,3-5H2,1-2H3. The third-order valence-corrected chi connectivity index (χ3v) is 2.17. The Morgan fingerprint density at radius 2 is 2.36 bits per heavy atom. The average Bonchev–Trinajstić information content (AvgIpc) is 1.85. The highest BCUT2D eigenvalue weighted by atomic mass is 16.6. The molecule has 0 spiro atoms. The van der Waals surface area contributed by atoms with Gasteiger partial charge in [-0.3, -0.25) is 4.79 Å². The number of rotatable bonds is 1. The summed E-state index contributed by atoms with van der Waals surface area (Å²) in [5, 5.41) is 9.56. The Labute approximate surface area is 66.4 Å². The molecule has 64 valence electrons. The predicted octanol–water partition coefficient (Wildman–Crippen LogP) is 0.710. The van der Waals surface area contributed by atoms with Gasteiger partial charge in [0, 0.05) is 0 Å². The van der Waals surface area contributed by atoms with Crippen LogP contribution in [0.1, 0.15) is 26.7 Å². The number of ether oxygens (including phenoxy) is 1. The molecule has 0 amide bonds. The van der Waals surface area contributed by atoms with Crippen molar-refractivity contribution in [1.29, 1.82) is 0 Å². The summed E-state index contributed by atoms with van der Waals surface area (Å²) in [5.74, 6) is -1.56. The maximum atomic E-state index is 11.0. The molecule has 1 saturated heterocycles. The minimum Gasteiger partial charge on any atom is -0.365 e. The Morgan fingerprint density at radius 1 is 1.73 bits per heavy atom. The van der Waals surface area contributed by atoms with Crippen LogP contribution in [0.2, 0.25) is 0 Å². The van der Waals surface area contributed by atoms with Crippen LogP contribution in [-0.2, 0) is 9.53 Å². The lowest BCUT2D eigenvalue weighted by Gasteiger charge is -2.35. The van der Waals surface area contributed by atoms with Gasteiger partial charge in [-0.1, -0.05) is 0 Å². The quantitative estimate of drug-likeness (QED) is 0.611. The Hall–Kier alpha value is -0.410. The first-order valence-corrected chi connectivity index (χ1v) is 3.91. The summed E-state index contributed by atoms with van der Waals surface area (Å²) < 4.78 is 5.07. The number of carbonyl (C=O) groups is 1. The van der Waals surface area contributed by atoms with E-state index < -0.39 is 5.79 Å². The van der Waals surface area contributed by atoms with Crippen molar-refractivity contribution in [2.24, 2.45) is 5.92 Å². The van der Waals surface area contributed by atoms with Gasteiger partial charge in [-0.25, -0.2) is 0 Å². The largest absolute Gasteiger partial charge is 0.365 e. The van der Waals surface area contributed by atoms with Crippen LogP contribution in [-0.4, -0.2) is 23.3 Å². The van der Waals surface area contributed by atoms with Gasteiger partial charge in [0.2, 0.25) is 0 Å². The maximum absolute atomic E-state index is 11.0. The van der Waals surface area contributed by atoms with Crippen molar-refractivity contribution < 1.29 is 14.6 Å². The summed E-state index contributed by atoms with van der Waals surface area (Å²) in [4.78, 5) is 11.0. The molecule has 0 bridgehead atoms. The zero-order chi connectivity index (χ0) is 8.48. The summed E-state index contributed by atoms with van der Waals surface area (Å²) in [7, 11) is 0. The Morgan fingerprint density at radius 3 is 2.73 bits per heavy atom. The van der Waals surface area contributed by atoms with Crippen LogP contribution in [0.3, 0.4) is 0 Å². The molecule has 0 aromatic heterocycles. The second-order valence-corrected chi connectivity index (χ2v) is 3.21. The summed E-state index contributed by atoms with van der Waals surface area (Å²) in [6, 6.07) is 0. The van der Waals surface area contributed by atoms with E-state index in [9.17, 15) is 9.90 Å². The molecule has 3 heteroatoms. The third-order valence-electron chi connectivity index (χ3n) is 2.17. The van der Waals surface area contributed by atoms with Gasteiger partial charge in [-0.05, 0) is 26.7 Å². The molecule has 1 fully saturated rings. The smallest absolute Gasteiger partial charge is 0.172 e. The van der Waals surface area contributed by atoms with Crippen LogP contribution in [0.25, 0.3) is 0 Å². The fourth-order valence-electron chi connectivity index (χ4n) is 1.52. The fraction of sp³-hybridized carbons (Fsp3) is 0.875. The van der Waals surface area contributed by atoms with Crippen LogP contribution in [0.15, 0.2) is 0 Å². The SMILES string of the molecule is CC(=O)C1CCCOC1(C)O. The topological polar surface area (TPSA) is 46.5 Å². The van der Waals surface area contributed by atoms with E-state index in [1.165, 1.54) is 6.92 Å². The molecule has 1 aliphatic heterocycles. The van der Waals surface area contributed by atoms with E-state index in [0.29, 0.717) is 6.61 Å². The zero-order valence-electron chi connectivity index (χ0n) is 6.96. The monoisotopic (exact) mass is 158 g/mol. The van der Waals surface area contributed by atoms with Gasteiger partial charge in [-0.2, -0.15) is 0 Å². The zero-order valence-corrected chi connectivity index (χ0v) is 6.96. The summed E-state index contributed by atoms with van der Waals surface area (Å²) in [5.41, 5.74) is 0. The minimum atomic E-state index is -1.23. The lowest BCUT2D eigenvalue weighted by molar-refractivity contribution is -0.239.